The highest BCUT2D eigenvalue weighted by Gasteiger charge is 2.38. The number of carbonyl (C=O) groups excluding carboxylic acids is 3. The second-order valence-electron chi connectivity index (χ2n) is 10.6. The largest absolute Gasteiger partial charge is 0.506 e. The molecule has 8 nitrogen and oxygen atoms in total. The highest BCUT2D eigenvalue weighted by molar-refractivity contribution is 6.20. The van der Waals surface area contributed by atoms with Gasteiger partial charge in [0.15, 0.2) is 5.78 Å². The Morgan fingerprint density at radius 2 is 1.90 bits per heavy atom. The first-order chi connectivity index (χ1) is 19.7. The lowest BCUT2D eigenvalue weighted by molar-refractivity contribution is -0.115. The Kier molecular flexibility index (Phi) is 6.58. The number of phenolic OH excluding ortho intramolecular Hbond substituents is 1. The predicted octanol–water partition coefficient (Wildman–Crippen LogP) is 5.28. The summed E-state index contributed by atoms with van der Waals surface area (Å²) in [6, 6.07) is 14.2. The fourth-order valence-electron chi connectivity index (χ4n) is 5.98. The van der Waals surface area contributed by atoms with Gasteiger partial charge in [0.2, 0.25) is 0 Å². The van der Waals surface area contributed by atoms with Crippen molar-refractivity contribution in [3.8, 4) is 5.75 Å². The first-order valence-corrected chi connectivity index (χ1v) is 13.8. The summed E-state index contributed by atoms with van der Waals surface area (Å²) in [5.41, 5.74) is 12.9. The van der Waals surface area contributed by atoms with Gasteiger partial charge in [-0.25, -0.2) is 4.79 Å². The van der Waals surface area contributed by atoms with Crippen molar-refractivity contribution < 1.29 is 24.2 Å². The molecule has 0 spiro atoms. The average Bonchev–Trinajstić information content (AvgIpc) is 3.65. The van der Waals surface area contributed by atoms with Crippen LogP contribution >= 0.6 is 11.6 Å². The van der Waals surface area contributed by atoms with Crippen LogP contribution in [0.25, 0.3) is 17.0 Å². The van der Waals surface area contributed by atoms with Crippen LogP contribution in [0, 0.1) is 6.92 Å². The third-order valence-electron chi connectivity index (χ3n) is 7.98. The number of aromatic hydroxyl groups is 1. The van der Waals surface area contributed by atoms with Crippen molar-refractivity contribution in [2.24, 2.45) is 0 Å². The van der Waals surface area contributed by atoms with Gasteiger partial charge in [0, 0.05) is 65.2 Å². The Morgan fingerprint density at radius 1 is 1.15 bits per heavy atom. The topological polar surface area (TPSA) is 126 Å². The number of fused-ring (bicyclic) bond motifs is 4. The van der Waals surface area contributed by atoms with E-state index in [-0.39, 0.29) is 35.7 Å². The number of nitrogens with two attached hydrogens (primary N) is 1. The third-order valence-corrected chi connectivity index (χ3v) is 8.35. The number of hydrogen-bond donors (Lipinski definition) is 3. The van der Waals surface area contributed by atoms with Crippen LogP contribution in [0.2, 0.25) is 0 Å². The van der Waals surface area contributed by atoms with Crippen molar-refractivity contribution in [1.29, 1.82) is 0 Å². The number of rotatable bonds is 6. The Balaban J connectivity index is 1.32. The van der Waals surface area contributed by atoms with Gasteiger partial charge in [-0.05, 0) is 59.5 Å². The number of anilines is 2. The van der Waals surface area contributed by atoms with Crippen molar-refractivity contribution in [3.63, 3.8) is 0 Å². The highest BCUT2D eigenvalue weighted by atomic mass is 35.5. The zero-order valence-electron chi connectivity index (χ0n) is 22.6. The molecular formula is C32H28ClN3O5. The molecule has 6 rings (SSSR count). The van der Waals surface area contributed by atoms with E-state index in [9.17, 15) is 19.5 Å². The van der Waals surface area contributed by atoms with Gasteiger partial charge in [-0.1, -0.05) is 18.2 Å². The maximum atomic E-state index is 13.9. The van der Waals surface area contributed by atoms with Gasteiger partial charge in [-0.15, -0.1) is 11.6 Å². The lowest BCUT2D eigenvalue weighted by Gasteiger charge is -2.19. The molecule has 2 aliphatic rings. The molecule has 1 aromatic heterocycles. The number of carbonyl (C=O) groups is 3. The fraction of sp³-hybridized carbons (Fsp3) is 0.219. The molecule has 4 aromatic rings. The second-order valence-corrected chi connectivity index (χ2v) is 10.9. The normalized spacial score (nSPS) is 15.5. The molecule has 1 atom stereocenters. The van der Waals surface area contributed by atoms with Crippen molar-refractivity contribution in [2.75, 3.05) is 30.2 Å². The van der Waals surface area contributed by atoms with Crippen LogP contribution in [0.3, 0.4) is 0 Å². The smallest absolute Gasteiger partial charge is 0.340 e. The first-order valence-electron chi connectivity index (χ1n) is 13.3. The Bertz CT molecular complexity index is 1790. The number of aryl methyl sites for hydroxylation is 1. The quantitative estimate of drug-likeness (QED) is 0.125. The van der Waals surface area contributed by atoms with E-state index in [2.05, 4.69) is 4.98 Å². The fourth-order valence-corrected chi connectivity index (χ4v) is 6.23. The Hall–Kier alpha value is -4.56. The standard InChI is InChI=1S/C32H28ClN3O5/c1-16-27(32(40)41-2)29-28-22(14-33)15-36(24(28)13-26(38)30(29)35-16)31(39)21-11-19-4-3-17(9-20(19)12-21)10-25(37)18-5-7-23(34)8-6-18/h3-9,12-13,22,35,38H,10-11,14-15,34H2,1-2H3. The van der Waals surface area contributed by atoms with E-state index in [0.29, 0.717) is 57.6 Å². The summed E-state index contributed by atoms with van der Waals surface area (Å²) in [4.78, 5) is 44.1. The van der Waals surface area contributed by atoms with Crippen molar-refractivity contribution in [3.05, 3.63) is 93.2 Å². The molecule has 0 fully saturated rings. The number of Topliss-reactive ketones (excluding diaryl/α,β-unsaturated/α-hetero) is 1. The summed E-state index contributed by atoms with van der Waals surface area (Å²) in [7, 11) is 1.31. The molecule has 2 heterocycles. The number of H-pyrrole nitrogens is 1. The van der Waals surface area contributed by atoms with Gasteiger partial charge in [0.05, 0.1) is 23.9 Å². The molecule has 0 saturated heterocycles. The lowest BCUT2D eigenvalue weighted by Crippen LogP contribution is -2.31. The maximum absolute atomic E-state index is 13.9. The zero-order valence-corrected chi connectivity index (χ0v) is 23.3. The minimum Gasteiger partial charge on any atom is -0.506 e. The minimum absolute atomic E-state index is 0.0125. The van der Waals surface area contributed by atoms with Crippen LogP contribution in [-0.2, 0) is 22.4 Å². The number of nitrogen functional groups attached to an aromatic ring is 1. The van der Waals surface area contributed by atoms with E-state index in [0.717, 1.165) is 22.3 Å². The van der Waals surface area contributed by atoms with E-state index in [1.54, 1.807) is 42.2 Å². The molecule has 1 aliphatic heterocycles. The number of hydrogen-bond acceptors (Lipinski definition) is 6. The molecule has 1 aliphatic carbocycles. The van der Waals surface area contributed by atoms with Crippen LogP contribution < -0.4 is 10.6 Å². The third kappa shape index (κ3) is 4.44. The number of esters is 1. The van der Waals surface area contributed by atoms with E-state index >= 15 is 0 Å². The monoisotopic (exact) mass is 569 g/mol. The molecule has 4 N–H and O–H groups in total. The van der Waals surface area contributed by atoms with Gasteiger partial charge in [-0.2, -0.15) is 0 Å². The number of benzene rings is 3. The average molecular weight is 570 g/mol. The molecule has 0 bridgehead atoms. The number of aromatic nitrogens is 1. The predicted molar refractivity (Wildman–Crippen MR) is 159 cm³/mol. The number of alkyl halides is 1. The lowest BCUT2D eigenvalue weighted by atomic mass is 9.95. The number of ether oxygens (including phenoxy) is 1. The van der Waals surface area contributed by atoms with Crippen molar-refractivity contribution in [2.45, 2.75) is 25.7 Å². The van der Waals surface area contributed by atoms with Gasteiger partial charge < -0.3 is 25.5 Å². The van der Waals surface area contributed by atoms with Crippen LogP contribution in [0.4, 0.5) is 11.4 Å². The van der Waals surface area contributed by atoms with Crippen molar-refractivity contribution in [1.82, 2.24) is 4.98 Å². The Morgan fingerprint density at radius 3 is 2.61 bits per heavy atom. The van der Waals surface area contributed by atoms with E-state index < -0.39 is 5.97 Å². The van der Waals surface area contributed by atoms with Crippen LogP contribution in [0.5, 0.6) is 5.75 Å². The van der Waals surface area contributed by atoms with E-state index in [1.807, 2.05) is 24.3 Å². The number of ketones is 1. The second kappa shape index (κ2) is 10.1. The number of methoxy groups -OCH3 is 1. The summed E-state index contributed by atoms with van der Waals surface area (Å²) < 4.78 is 5.02. The number of halogens is 1. The molecular weight excluding hydrogens is 542 g/mol. The summed E-state index contributed by atoms with van der Waals surface area (Å²) >= 11 is 6.39. The van der Waals surface area contributed by atoms with Crippen LogP contribution in [0.1, 0.15) is 54.6 Å². The summed E-state index contributed by atoms with van der Waals surface area (Å²) in [5, 5.41) is 11.4. The van der Waals surface area contributed by atoms with Gasteiger partial charge in [0.25, 0.3) is 5.91 Å². The molecule has 1 amide bonds. The highest BCUT2D eigenvalue weighted by Crippen LogP contribution is 2.47. The number of aromatic amines is 1. The molecule has 0 radical (unpaired) electrons. The van der Waals surface area contributed by atoms with Crippen LogP contribution in [-0.4, -0.2) is 47.3 Å². The van der Waals surface area contributed by atoms with Gasteiger partial charge >= 0.3 is 5.97 Å². The summed E-state index contributed by atoms with van der Waals surface area (Å²) in [6.07, 6.45) is 2.54. The molecule has 41 heavy (non-hydrogen) atoms. The minimum atomic E-state index is -0.528. The maximum Gasteiger partial charge on any atom is 0.340 e. The SMILES string of the molecule is COC(=O)c1c(C)[nH]c2c(O)cc3c(c12)C(CCl)CN3C(=O)C1=Cc2cc(CC(=O)c3ccc(N)cc3)ccc2C1. The van der Waals surface area contributed by atoms with Gasteiger partial charge in [-0.3, -0.25) is 9.59 Å². The van der Waals surface area contributed by atoms with Gasteiger partial charge in [0.1, 0.15) is 5.75 Å². The number of nitrogens with zero attached hydrogens (tertiary/aromatic N) is 1. The molecule has 208 valence electrons. The Labute approximate surface area is 241 Å². The molecule has 3 aromatic carbocycles. The first kappa shape index (κ1) is 26.7. The number of nitrogens with one attached hydrogen (secondary N) is 1. The summed E-state index contributed by atoms with van der Waals surface area (Å²) in [6.45, 7) is 2.06. The van der Waals surface area contributed by atoms with E-state index in [1.165, 1.54) is 7.11 Å². The summed E-state index contributed by atoms with van der Waals surface area (Å²) in [5.74, 6) is -0.815. The van der Waals surface area contributed by atoms with Crippen LogP contribution in [0.15, 0.2) is 54.1 Å². The van der Waals surface area contributed by atoms with Crippen molar-refractivity contribution >= 4 is 57.6 Å². The van der Waals surface area contributed by atoms with E-state index in [4.69, 9.17) is 22.1 Å². The molecule has 1 unspecified atom stereocenters. The zero-order chi connectivity index (χ0) is 29.0. The molecule has 0 saturated carbocycles. The number of amides is 1. The molecule has 9 heteroatoms. The number of phenols is 1.